The first-order valence-electron chi connectivity index (χ1n) is 24.1. The van der Waals surface area contributed by atoms with Gasteiger partial charge in [-0.05, 0) is 44.9 Å². The molecule has 0 aliphatic carbocycles. The zero-order chi connectivity index (χ0) is 41.2. The smallest absolute Gasteiger partial charge is 0.267 e. The van der Waals surface area contributed by atoms with Crippen LogP contribution in [0, 0.1) is 0 Å². The van der Waals surface area contributed by atoms with Crippen LogP contribution in [0.5, 0.6) is 0 Å². The number of amides is 1. The average Bonchev–Trinajstić information content (AvgIpc) is 3.17. The van der Waals surface area contributed by atoms with Gasteiger partial charge in [0, 0.05) is 0 Å². The molecular formula is C48H93NO6S. The van der Waals surface area contributed by atoms with Crippen LogP contribution in [0.3, 0.4) is 0 Å². The van der Waals surface area contributed by atoms with Gasteiger partial charge in [-0.25, -0.2) is 0 Å². The van der Waals surface area contributed by atoms with Crippen molar-refractivity contribution in [3.05, 3.63) is 24.3 Å². The Hall–Kier alpha value is -1.22. The summed E-state index contributed by atoms with van der Waals surface area (Å²) in [5.74, 6) is -1.53. The normalized spacial score (nSPS) is 13.9. The Balaban J connectivity index is 3.93. The first kappa shape index (κ1) is 54.8. The van der Waals surface area contributed by atoms with Crippen molar-refractivity contribution in [2.24, 2.45) is 0 Å². The third-order valence-corrected chi connectivity index (χ3v) is 12.0. The summed E-state index contributed by atoms with van der Waals surface area (Å²) in [5.41, 5.74) is 0. The molecule has 1 amide bonds. The summed E-state index contributed by atoms with van der Waals surface area (Å²) in [5, 5.41) is 23.5. The molecule has 0 saturated heterocycles. The maximum Gasteiger partial charge on any atom is 0.267 e. The van der Waals surface area contributed by atoms with Crippen LogP contribution in [-0.2, 0) is 14.9 Å². The molecule has 0 fully saturated rings. The Bertz CT molecular complexity index is 1000. The van der Waals surface area contributed by atoms with Crippen molar-refractivity contribution in [1.82, 2.24) is 5.32 Å². The van der Waals surface area contributed by atoms with Gasteiger partial charge >= 0.3 is 0 Å². The molecule has 0 heterocycles. The van der Waals surface area contributed by atoms with Gasteiger partial charge in [-0.2, -0.15) is 8.42 Å². The molecule has 3 unspecified atom stereocenters. The van der Waals surface area contributed by atoms with Crippen molar-refractivity contribution in [2.45, 2.75) is 270 Å². The van der Waals surface area contributed by atoms with Crippen molar-refractivity contribution in [3.63, 3.8) is 0 Å². The lowest BCUT2D eigenvalue weighted by molar-refractivity contribution is -0.130. The van der Waals surface area contributed by atoms with Crippen molar-refractivity contribution < 1.29 is 28.0 Å². The second-order valence-electron chi connectivity index (χ2n) is 16.9. The monoisotopic (exact) mass is 812 g/mol. The van der Waals surface area contributed by atoms with E-state index in [1.54, 1.807) is 0 Å². The molecule has 332 valence electrons. The minimum Gasteiger partial charge on any atom is -0.387 e. The Morgan fingerprint density at radius 1 is 0.482 bits per heavy atom. The lowest BCUT2D eigenvalue weighted by atomic mass is 10.0. The first-order valence-corrected chi connectivity index (χ1v) is 25.8. The van der Waals surface area contributed by atoms with E-state index in [4.69, 9.17) is 0 Å². The molecule has 0 spiro atoms. The highest BCUT2D eigenvalue weighted by Crippen LogP contribution is 2.16. The molecule has 8 heteroatoms. The highest BCUT2D eigenvalue weighted by atomic mass is 32.2. The van der Waals surface area contributed by atoms with E-state index in [1.807, 2.05) is 6.08 Å². The second kappa shape index (κ2) is 41.9. The number of allylic oxidation sites excluding steroid dienone is 3. The molecule has 0 aromatic rings. The molecule has 0 aromatic heterocycles. The largest absolute Gasteiger partial charge is 0.387 e. The van der Waals surface area contributed by atoms with E-state index in [0.717, 1.165) is 44.9 Å². The number of hydrogen-bond donors (Lipinski definition) is 4. The number of aliphatic hydroxyl groups excluding tert-OH is 2. The molecule has 0 aromatic carbocycles. The highest BCUT2D eigenvalue weighted by molar-refractivity contribution is 7.85. The summed E-state index contributed by atoms with van der Waals surface area (Å²) in [6.07, 6.45) is 50.9. The zero-order valence-electron chi connectivity index (χ0n) is 36.9. The Morgan fingerprint density at radius 2 is 0.786 bits per heavy atom. The molecular weight excluding hydrogens is 719 g/mol. The average molecular weight is 812 g/mol. The lowest BCUT2D eigenvalue weighted by Gasteiger charge is -2.22. The number of rotatable bonds is 44. The van der Waals surface area contributed by atoms with E-state index in [9.17, 15) is 28.0 Å². The van der Waals surface area contributed by atoms with E-state index < -0.39 is 40.0 Å². The minimum atomic E-state index is -4.45. The summed E-state index contributed by atoms with van der Waals surface area (Å²) in [7, 11) is -4.45. The third kappa shape index (κ3) is 41.0. The van der Waals surface area contributed by atoms with Gasteiger partial charge in [0.15, 0.2) is 0 Å². The number of hydrogen-bond acceptors (Lipinski definition) is 5. The first-order chi connectivity index (χ1) is 27.2. The topological polar surface area (TPSA) is 124 Å². The molecule has 4 N–H and O–H groups in total. The molecule has 0 radical (unpaired) electrons. The van der Waals surface area contributed by atoms with Gasteiger partial charge in [0.1, 0.15) is 6.10 Å². The fourth-order valence-electron chi connectivity index (χ4n) is 7.51. The van der Waals surface area contributed by atoms with Gasteiger partial charge in [-0.3, -0.25) is 9.35 Å². The number of carbonyl (C=O) groups is 1. The van der Waals surface area contributed by atoms with E-state index in [0.29, 0.717) is 6.42 Å². The molecule has 7 nitrogen and oxygen atoms in total. The van der Waals surface area contributed by atoms with Gasteiger partial charge < -0.3 is 15.5 Å². The second-order valence-corrected chi connectivity index (χ2v) is 18.4. The van der Waals surface area contributed by atoms with Crippen LogP contribution < -0.4 is 5.32 Å². The fraction of sp³-hybridized carbons (Fsp3) is 0.896. The van der Waals surface area contributed by atoms with Crippen LogP contribution in [0.4, 0.5) is 0 Å². The van der Waals surface area contributed by atoms with E-state index in [1.165, 1.54) is 186 Å². The van der Waals surface area contributed by atoms with Gasteiger partial charge in [0.05, 0.1) is 17.9 Å². The summed E-state index contributed by atoms with van der Waals surface area (Å²) >= 11 is 0. The van der Waals surface area contributed by atoms with Crippen LogP contribution >= 0.6 is 0 Å². The predicted octanol–water partition coefficient (Wildman–Crippen LogP) is 13.7. The van der Waals surface area contributed by atoms with Crippen LogP contribution in [0.25, 0.3) is 0 Å². The van der Waals surface area contributed by atoms with Crippen LogP contribution in [0.2, 0.25) is 0 Å². The van der Waals surface area contributed by atoms with Crippen LogP contribution in [-0.4, -0.2) is 53.1 Å². The molecule has 0 aliphatic rings. The zero-order valence-corrected chi connectivity index (χ0v) is 37.7. The molecule has 3 atom stereocenters. The van der Waals surface area contributed by atoms with Crippen molar-refractivity contribution in [1.29, 1.82) is 0 Å². The number of unbranched alkanes of at least 4 members (excludes halogenated alkanes) is 33. The minimum absolute atomic E-state index is 0.275. The SMILES string of the molecule is CCCCCCCCCC/C=C\CCCCCCCCC(O)C(=O)NC(CS(=O)(=O)O)C(O)/C=C/CCCCCCCCCCCCCCCCCCCCC. The molecule has 0 bridgehead atoms. The summed E-state index contributed by atoms with van der Waals surface area (Å²) in [6.45, 7) is 4.54. The highest BCUT2D eigenvalue weighted by Gasteiger charge is 2.27. The third-order valence-electron chi connectivity index (χ3n) is 11.2. The standard InChI is InChI=1S/C48H93NO6S/c1-3-5-7-9-11-13-15-17-19-21-23-24-25-27-28-30-32-34-36-38-40-42-46(50)45(44-56(53,54)55)49-48(52)47(51)43-41-39-37-35-33-31-29-26-22-20-18-16-14-12-10-8-6-4-2/h22,26,40,42,45-47,50-51H,3-21,23-25,27-39,41,43-44H2,1-2H3,(H,49,52)(H,53,54,55)/b26-22-,42-40+. The number of nitrogens with one attached hydrogen (secondary N) is 1. The predicted molar refractivity (Wildman–Crippen MR) is 241 cm³/mol. The van der Waals surface area contributed by atoms with Crippen molar-refractivity contribution >= 4 is 16.0 Å². The maximum atomic E-state index is 12.6. The van der Waals surface area contributed by atoms with Gasteiger partial charge in [0.2, 0.25) is 5.91 Å². The van der Waals surface area contributed by atoms with E-state index in [2.05, 4.69) is 31.3 Å². The molecule has 0 saturated carbocycles. The van der Waals surface area contributed by atoms with Crippen LogP contribution in [0.15, 0.2) is 24.3 Å². The number of carbonyl (C=O) groups excluding carboxylic acids is 1. The van der Waals surface area contributed by atoms with Crippen molar-refractivity contribution in [3.8, 4) is 0 Å². The molecule has 0 rings (SSSR count). The maximum absolute atomic E-state index is 12.6. The number of aliphatic hydroxyl groups is 2. The van der Waals surface area contributed by atoms with Gasteiger partial charge in [-0.1, -0.05) is 231 Å². The summed E-state index contributed by atoms with van der Waals surface area (Å²) in [4.78, 5) is 12.6. The molecule has 56 heavy (non-hydrogen) atoms. The summed E-state index contributed by atoms with van der Waals surface area (Å²) < 4.78 is 32.7. The summed E-state index contributed by atoms with van der Waals surface area (Å²) in [6, 6.07) is -1.23. The van der Waals surface area contributed by atoms with Crippen molar-refractivity contribution in [2.75, 3.05) is 5.75 Å². The van der Waals surface area contributed by atoms with E-state index >= 15 is 0 Å². The Morgan fingerprint density at radius 3 is 1.12 bits per heavy atom. The van der Waals surface area contributed by atoms with Crippen LogP contribution in [0.1, 0.15) is 251 Å². The van der Waals surface area contributed by atoms with Gasteiger partial charge in [-0.15, -0.1) is 0 Å². The Kier molecular flexibility index (Phi) is 41.0. The lowest BCUT2D eigenvalue weighted by Crippen LogP contribution is -2.50. The van der Waals surface area contributed by atoms with E-state index in [-0.39, 0.29) is 6.42 Å². The molecule has 0 aliphatic heterocycles. The Labute approximate surface area is 347 Å². The quantitative estimate of drug-likeness (QED) is 0.0276. The van der Waals surface area contributed by atoms with Gasteiger partial charge in [0.25, 0.3) is 10.1 Å². The fourth-order valence-corrected chi connectivity index (χ4v) is 8.25.